The predicted octanol–water partition coefficient (Wildman–Crippen LogP) is 1.32. The number of ether oxygens (including phenoxy) is 2. The third-order valence-corrected chi connectivity index (χ3v) is 3.68. The lowest BCUT2D eigenvalue weighted by molar-refractivity contribution is -0.119. The van der Waals surface area contributed by atoms with Crippen molar-refractivity contribution in [3.05, 3.63) is 23.8 Å². The van der Waals surface area contributed by atoms with Crippen molar-refractivity contribution in [3.63, 3.8) is 0 Å². The quantitative estimate of drug-likeness (QED) is 0.820. The molecule has 0 aromatic heterocycles. The molecule has 21 heavy (non-hydrogen) atoms. The molecule has 1 aromatic carbocycles. The van der Waals surface area contributed by atoms with Crippen molar-refractivity contribution in [2.24, 2.45) is 0 Å². The Morgan fingerprint density at radius 2 is 2.00 bits per heavy atom. The molecule has 0 radical (unpaired) electrons. The van der Waals surface area contributed by atoms with Crippen LogP contribution in [0.25, 0.3) is 0 Å². The van der Waals surface area contributed by atoms with Gasteiger partial charge >= 0.3 is 0 Å². The molecular formula is C14H21NO5S. The Morgan fingerprint density at radius 3 is 2.48 bits per heavy atom. The fraction of sp³-hybridized carbons (Fsp3) is 0.500. The van der Waals surface area contributed by atoms with E-state index in [0.29, 0.717) is 23.7 Å². The molecule has 0 saturated heterocycles. The maximum Gasteiger partial charge on any atom is 0.217 e. The summed E-state index contributed by atoms with van der Waals surface area (Å²) < 4.78 is 33.7. The second-order valence-electron chi connectivity index (χ2n) is 4.69. The van der Waals surface area contributed by atoms with Gasteiger partial charge in [-0.1, -0.05) is 6.07 Å². The molecule has 0 heterocycles. The molecule has 1 amide bonds. The number of carbonyl (C=O) groups is 1. The number of amides is 1. The Morgan fingerprint density at radius 1 is 1.33 bits per heavy atom. The van der Waals surface area contributed by atoms with Crippen LogP contribution in [0, 0.1) is 0 Å². The first kappa shape index (κ1) is 17.3. The average Bonchev–Trinajstić information content (AvgIpc) is 2.36. The van der Waals surface area contributed by atoms with Crippen LogP contribution in [0.2, 0.25) is 0 Å². The standard InChI is InChI=1S/C14H21NO5S/c1-5-20-14-8-11(6-7-13(14)19-3)12(15-10(2)16)9-21(4,17)18/h6-8,12H,5,9H2,1-4H3,(H,15,16)/t12-/m0/s1. The summed E-state index contributed by atoms with van der Waals surface area (Å²) in [4.78, 5) is 11.3. The molecule has 0 aliphatic carbocycles. The molecule has 1 aromatic rings. The average molecular weight is 315 g/mol. The number of hydrogen-bond donors (Lipinski definition) is 1. The predicted molar refractivity (Wildman–Crippen MR) is 80.4 cm³/mol. The zero-order chi connectivity index (χ0) is 16.0. The van der Waals surface area contributed by atoms with Crippen molar-refractivity contribution in [1.29, 1.82) is 0 Å². The molecular weight excluding hydrogens is 294 g/mol. The van der Waals surface area contributed by atoms with Crippen LogP contribution in [0.4, 0.5) is 0 Å². The number of hydrogen-bond acceptors (Lipinski definition) is 5. The van der Waals surface area contributed by atoms with Crippen molar-refractivity contribution in [2.45, 2.75) is 19.9 Å². The highest BCUT2D eigenvalue weighted by Crippen LogP contribution is 2.30. The van der Waals surface area contributed by atoms with Gasteiger partial charge in [0.05, 0.1) is 25.5 Å². The lowest BCUT2D eigenvalue weighted by Gasteiger charge is -2.19. The molecule has 6 nitrogen and oxygen atoms in total. The van der Waals surface area contributed by atoms with Crippen LogP contribution in [-0.2, 0) is 14.6 Å². The van der Waals surface area contributed by atoms with Crippen LogP contribution in [0.5, 0.6) is 11.5 Å². The number of benzene rings is 1. The topological polar surface area (TPSA) is 81.7 Å². The number of nitrogens with one attached hydrogen (secondary N) is 1. The number of sulfone groups is 1. The molecule has 0 bridgehead atoms. The van der Waals surface area contributed by atoms with E-state index in [4.69, 9.17) is 9.47 Å². The number of methoxy groups -OCH3 is 1. The maximum absolute atomic E-state index is 11.5. The van der Waals surface area contributed by atoms with E-state index in [-0.39, 0.29) is 11.7 Å². The van der Waals surface area contributed by atoms with Crippen molar-refractivity contribution in [1.82, 2.24) is 5.32 Å². The van der Waals surface area contributed by atoms with Crippen molar-refractivity contribution in [3.8, 4) is 11.5 Å². The summed E-state index contributed by atoms with van der Waals surface area (Å²) >= 11 is 0. The lowest BCUT2D eigenvalue weighted by atomic mass is 10.1. The van der Waals surface area contributed by atoms with Gasteiger partial charge in [0.15, 0.2) is 11.5 Å². The van der Waals surface area contributed by atoms with Gasteiger partial charge in [0.1, 0.15) is 9.84 Å². The van der Waals surface area contributed by atoms with Crippen LogP contribution in [0.1, 0.15) is 25.5 Å². The third kappa shape index (κ3) is 5.63. The molecule has 7 heteroatoms. The Balaban J connectivity index is 3.17. The summed E-state index contributed by atoms with van der Waals surface area (Å²) in [5.41, 5.74) is 0.653. The SMILES string of the molecule is CCOc1cc([C@H](CS(C)(=O)=O)NC(C)=O)ccc1OC. The van der Waals surface area contributed by atoms with Gasteiger partial charge in [0, 0.05) is 13.2 Å². The maximum atomic E-state index is 11.5. The normalized spacial score (nSPS) is 12.6. The van der Waals surface area contributed by atoms with Crippen LogP contribution >= 0.6 is 0 Å². The first-order valence-corrected chi connectivity index (χ1v) is 8.58. The summed E-state index contributed by atoms with van der Waals surface area (Å²) in [6.07, 6.45) is 1.13. The highest BCUT2D eigenvalue weighted by atomic mass is 32.2. The minimum atomic E-state index is -3.24. The van der Waals surface area contributed by atoms with E-state index in [9.17, 15) is 13.2 Å². The van der Waals surface area contributed by atoms with Crippen LogP contribution in [-0.4, -0.2) is 40.1 Å². The highest BCUT2D eigenvalue weighted by Gasteiger charge is 2.20. The van der Waals surface area contributed by atoms with Gasteiger partial charge in [-0.25, -0.2) is 8.42 Å². The number of rotatable bonds is 7. The van der Waals surface area contributed by atoms with E-state index >= 15 is 0 Å². The molecule has 0 aliphatic heterocycles. The minimum absolute atomic E-state index is 0.176. The third-order valence-electron chi connectivity index (χ3n) is 2.74. The minimum Gasteiger partial charge on any atom is -0.493 e. The zero-order valence-electron chi connectivity index (χ0n) is 12.7. The summed E-state index contributed by atoms with van der Waals surface area (Å²) in [5, 5.41) is 2.65. The van der Waals surface area contributed by atoms with Gasteiger partial charge in [-0.3, -0.25) is 4.79 Å². The Bertz CT molecular complexity index is 597. The molecule has 0 unspecified atom stereocenters. The second-order valence-corrected chi connectivity index (χ2v) is 6.87. The van der Waals surface area contributed by atoms with Gasteiger partial charge in [0.25, 0.3) is 0 Å². The molecule has 0 fully saturated rings. The van der Waals surface area contributed by atoms with Gasteiger partial charge in [-0.2, -0.15) is 0 Å². The Hall–Kier alpha value is -1.76. The fourth-order valence-electron chi connectivity index (χ4n) is 1.95. The monoisotopic (exact) mass is 315 g/mol. The van der Waals surface area contributed by atoms with Gasteiger partial charge in [0.2, 0.25) is 5.91 Å². The van der Waals surface area contributed by atoms with Crippen molar-refractivity contribution < 1.29 is 22.7 Å². The van der Waals surface area contributed by atoms with Crippen LogP contribution in [0.15, 0.2) is 18.2 Å². The highest BCUT2D eigenvalue weighted by molar-refractivity contribution is 7.90. The largest absolute Gasteiger partial charge is 0.493 e. The lowest BCUT2D eigenvalue weighted by Crippen LogP contribution is -2.31. The Kier molecular flexibility index (Phi) is 6.02. The van der Waals surface area contributed by atoms with E-state index in [1.165, 1.54) is 14.0 Å². The zero-order valence-corrected chi connectivity index (χ0v) is 13.5. The van der Waals surface area contributed by atoms with Crippen LogP contribution < -0.4 is 14.8 Å². The molecule has 1 N–H and O–H groups in total. The fourth-order valence-corrected chi connectivity index (χ4v) is 2.83. The van der Waals surface area contributed by atoms with E-state index < -0.39 is 15.9 Å². The molecule has 0 spiro atoms. The van der Waals surface area contributed by atoms with Gasteiger partial charge in [-0.05, 0) is 24.6 Å². The first-order chi connectivity index (χ1) is 9.76. The molecule has 0 saturated carbocycles. The van der Waals surface area contributed by atoms with Gasteiger partial charge < -0.3 is 14.8 Å². The smallest absolute Gasteiger partial charge is 0.217 e. The van der Waals surface area contributed by atoms with Gasteiger partial charge in [-0.15, -0.1) is 0 Å². The van der Waals surface area contributed by atoms with E-state index in [2.05, 4.69) is 5.32 Å². The molecule has 0 aliphatic rings. The summed E-state index contributed by atoms with van der Waals surface area (Å²) in [6.45, 7) is 3.65. The number of carbonyl (C=O) groups excluding carboxylic acids is 1. The molecule has 118 valence electrons. The summed E-state index contributed by atoms with van der Waals surface area (Å²) in [5.74, 6) is 0.602. The summed E-state index contributed by atoms with van der Waals surface area (Å²) in [7, 11) is -1.72. The van der Waals surface area contributed by atoms with E-state index in [1.807, 2.05) is 6.92 Å². The van der Waals surface area contributed by atoms with Crippen molar-refractivity contribution in [2.75, 3.05) is 25.7 Å². The van der Waals surface area contributed by atoms with Crippen molar-refractivity contribution >= 4 is 15.7 Å². The Labute approximate surface area is 125 Å². The molecule has 1 rings (SSSR count). The molecule has 1 atom stereocenters. The second kappa shape index (κ2) is 7.31. The van der Waals surface area contributed by atoms with E-state index in [1.54, 1.807) is 18.2 Å². The van der Waals surface area contributed by atoms with Crippen LogP contribution in [0.3, 0.4) is 0 Å². The first-order valence-electron chi connectivity index (χ1n) is 6.52. The summed E-state index contributed by atoms with van der Waals surface area (Å²) in [6, 6.07) is 4.47. The van der Waals surface area contributed by atoms with E-state index in [0.717, 1.165) is 6.26 Å².